The smallest absolute Gasteiger partial charge is 0.171 e. The molecule has 0 aliphatic heterocycles. The van der Waals surface area contributed by atoms with Gasteiger partial charge in [0.05, 0.1) is 0 Å². The van der Waals surface area contributed by atoms with E-state index in [0.717, 1.165) is 19.3 Å². The summed E-state index contributed by atoms with van der Waals surface area (Å²) < 4.78 is 34.8. The van der Waals surface area contributed by atoms with Gasteiger partial charge in [0.15, 0.2) is 0 Å². The minimum Gasteiger partial charge on any atom is -0.171 e. The second kappa shape index (κ2) is 6.58. The standard InChI is InChI=1S/C8H14ClF3/c9-7-5-3-1-2-4-6-8(10,11)12/h1-7H2. The maximum Gasteiger partial charge on any atom is 0.389 e. The predicted molar refractivity (Wildman–Crippen MR) is 44.5 cm³/mol. The van der Waals surface area contributed by atoms with Crippen LogP contribution >= 0.6 is 11.6 Å². The minimum absolute atomic E-state index is 0.256. The molecule has 0 aromatic heterocycles. The van der Waals surface area contributed by atoms with Gasteiger partial charge in [-0.15, -0.1) is 11.6 Å². The van der Waals surface area contributed by atoms with Crippen LogP contribution in [0.4, 0.5) is 13.2 Å². The molecule has 0 aromatic carbocycles. The summed E-state index contributed by atoms with van der Waals surface area (Å²) in [7, 11) is 0. The SMILES string of the molecule is FC(F)(F)CCCCCCCCl. The van der Waals surface area contributed by atoms with Crippen LogP contribution in [-0.4, -0.2) is 12.1 Å². The van der Waals surface area contributed by atoms with Gasteiger partial charge in [-0.2, -0.15) is 13.2 Å². The highest BCUT2D eigenvalue weighted by Gasteiger charge is 2.25. The lowest BCUT2D eigenvalue weighted by molar-refractivity contribution is -0.135. The number of unbranched alkanes of at least 4 members (excludes halogenated alkanes) is 4. The maximum absolute atomic E-state index is 11.6. The van der Waals surface area contributed by atoms with Crippen LogP contribution in [-0.2, 0) is 0 Å². The van der Waals surface area contributed by atoms with Gasteiger partial charge in [0.25, 0.3) is 0 Å². The molecule has 0 unspecified atom stereocenters. The summed E-state index contributed by atoms with van der Waals surface area (Å²) in [5.74, 6) is 0.610. The van der Waals surface area contributed by atoms with Crippen LogP contribution in [0, 0.1) is 0 Å². The Bertz CT molecular complexity index is 101. The van der Waals surface area contributed by atoms with Crippen LogP contribution in [0.2, 0.25) is 0 Å². The second-order valence-electron chi connectivity index (χ2n) is 2.82. The predicted octanol–water partition coefficient (Wildman–Crippen LogP) is 4.13. The molecule has 0 atom stereocenters. The molecule has 12 heavy (non-hydrogen) atoms. The van der Waals surface area contributed by atoms with Crippen molar-refractivity contribution in [3.63, 3.8) is 0 Å². The van der Waals surface area contributed by atoms with Crippen LogP contribution < -0.4 is 0 Å². The van der Waals surface area contributed by atoms with Crippen molar-refractivity contribution >= 4 is 11.6 Å². The van der Waals surface area contributed by atoms with Crippen molar-refractivity contribution < 1.29 is 13.2 Å². The van der Waals surface area contributed by atoms with E-state index < -0.39 is 12.6 Å². The molecule has 0 radical (unpaired) electrons. The van der Waals surface area contributed by atoms with Crippen molar-refractivity contribution in [2.45, 2.75) is 44.7 Å². The molecule has 0 bridgehead atoms. The van der Waals surface area contributed by atoms with Gasteiger partial charge >= 0.3 is 6.18 Å². The number of hydrogen-bond acceptors (Lipinski definition) is 0. The lowest BCUT2D eigenvalue weighted by Gasteiger charge is -2.04. The van der Waals surface area contributed by atoms with E-state index in [2.05, 4.69) is 0 Å². The first-order chi connectivity index (χ1) is 5.56. The molecular weight excluding hydrogens is 189 g/mol. The van der Waals surface area contributed by atoms with Gasteiger partial charge in [-0.25, -0.2) is 0 Å². The van der Waals surface area contributed by atoms with Gasteiger partial charge in [0, 0.05) is 12.3 Å². The van der Waals surface area contributed by atoms with Crippen LogP contribution in [0.3, 0.4) is 0 Å². The Morgan fingerprint density at radius 3 is 1.83 bits per heavy atom. The summed E-state index contributed by atoms with van der Waals surface area (Å²) in [5.41, 5.74) is 0. The average Bonchev–Trinajstić information content (AvgIpc) is 1.94. The number of hydrogen-bond donors (Lipinski definition) is 0. The van der Waals surface area contributed by atoms with Crippen molar-refractivity contribution in [2.24, 2.45) is 0 Å². The third-order valence-electron chi connectivity index (χ3n) is 1.59. The molecule has 0 saturated carbocycles. The normalized spacial score (nSPS) is 12.0. The summed E-state index contributed by atoms with van der Waals surface area (Å²) in [4.78, 5) is 0. The van der Waals surface area contributed by atoms with Gasteiger partial charge in [0.2, 0.25) is 0 Å². The molecule has 74 valence electrons. The Morgan fingerprint density at radius 2 is 1.33 bits per heavy atom. The van der Waals surface area contributed by atoms with Crippen LogP contribution in [0.25, 0.3) is 0 Å². The van der Waals surface area contributed by atoms with Gasteiger partial charge in [-0.3, -0.25) is 0 Å². The summed E-state index contributed by atoms with van der Waals surface area (Å²) in [6.07, 6.45) is -0.986. The Morgan fingerprint density at radius 1 is 0.833 bits per heavy atom. The Kier molecular flexibility index (Phi) is 6.62. The van der Waals surface area contributed by atoms with Crippen LogP contribution in [0.15, 0.2) is 0 Å². The molecule has 0 aliphatic carbocycles. The summed E-state index contributed by atoms with van der Waals surface area (Å²) in [6.45, 7) is 0. The van der Waals surface area contributed by atoms with E-state index in [1.54, 1.807) is 0 Å². The number of rotatable bonds is 6. The zero-order chi connectivity index (χ0) is 9.45. The van der Waals surface area contributed by atoms with E-state index in [0.29, 0.717) is 12.3 Å². The molecule has 0 nitrogen and oxygen atoms in total. The summed E-state index contributed by atoms with van der Waals surface area (Å²) >= 11 is 5.41. The Hall–Kier alpha value is 0.0800. The quantitative estimate of drug-likeness (QED) is 0.449. The topological polar surface area (TPSA) is 0 Å². The van der Waals surface area contributed by atoms with Crippen LogP contribution in [0.1, 0.15) is 38.5 Å². The van der Waals surface area contributed by atoms with E-state index in [4.69, 9.17) is 11.6 Å². The van der Waals surface area contributed by atoms with Crippen LogP contribution in [0.5, 0.6) is 0 Å². The highest BCUT2D eigenvalue weighted by molar-refractivity contribution is 6.17. The molecule has 0 aliphatic rings. The molecule has 0 N–H and O–H groups in total. The van der Waals surface area contributed by atoms with E-state index in [9.17, 15) is 13.2 Å². The van der Waals surface area contributed by atoms with E-state index in [1.165, 1.54) is 0 Å². The summed E-state index contributed by atoms with van der Waals surface area (Å²) in [5, 5.41) is 0. The van der Waals surface area contributed by atoms with Crippen molar-refractivity contribution in [3.8, 4) is 0 Å². The van der Waals surface area contributed by atoms with Gasteiger partial charge < -0.3 is 0 Å². The zero-order valence-corrected chi connectivity index (χ0v) is 7.72. The fourth-order valence-corrected chi connectivity index (χ4v) is 1.14. The number of halogens is 4. The average molecular weight is 203 g/mol. The largest absolute Gasteiger partial charge is 0.389 e. The van der Waals surface area contributed by atoms with E-state index >= 15 is 0 Å². The van der Waals surface area contributed by atoms with Crippen molar-refractivity contribution in [1.29, 1.82) is 0 Å². The summed E-state index contributed by atoms with van der Waals surface area (Å²) in [6, 6.07) is 0. The molecule has 0 rings (SSSR count). The Balaban J connectivity index is 3.01. The minimum atomic E-state index is -3.98. The first kappa shape index (κ1) is 12.1. The maximum atomic E-state index is 11.6. The first-order valence-corrected chi connectivity index (χ1v) is 4.72. The molecule has 0 aromatic rings. The lowest BCUT2D eigenvalue weighted by atomic mass is 10.1. The lowest BCUT2D eigenvalue weighted by Crippen LogP contribution is -2.06. The monoisotopic (exact) mass is 202 g/mol. The van der Waals surface area contributed by atoms with Gasteiger partial charge in [0.1, 0.15) is 0 Å². The first-order valence-electron chi connectivity index (χ1n) is 4.19. The van der Waals surface area contributed by atoms with E-state index in [1.807, 2.05) is 0 Å². The second-order valence-corrected chi connectivity index (χ2v) is 3.20. The highest BCUT2D eigenvalue weighted by Crippen LogP contribution is 2.22. The van der Waals surface area contributed by atoms with Crippen molar-refractivity contribution in [3.05, 3.63) is 0 Å². The van der Waals surface area contributed by atoms with E-state index in [-0.39, 0.29) is 6.42 Å². The molecular formula is C8H14ClF3. The highest BCUT2D eigenvalue weighted by atomic mass is 35.5. The molecule has 0 heterocycles. The molecule has 0 spiro atoms. The molecule has 0 amide bonds. The van der Waals surface area contributed by atoms with Crippen molar-refractivity contribution in [1.82, 2.24) is 0 Å². The Labute approximate surface area is 76.1 Å². The molecule has 0 fully saturated rings. The fraction of sp³-hybridized carbons (Fsp3) is 1.00. The van der Waals surface area contributed by atoms with Gasteiger partial charge in [-0.1, -0.05) is 19.3 Å². The third-order valence-corrected chi connectivity index (χ3v) is 1.86. The fourth-order valence-electron chi connectivity index (χ4n) is 0.950. The number of alkyl halides is 4. The van der Waals surface area contributed by atoms with Crippen molar-refractivity contribution in [2.75, 3.05) is 5.88 Å². The van der Waals surface area contributed by atoms with Gasteiger partial charge in [-0.05, 0) is 12.8 Å². The molecule has 4 heteroatoms. The molecule has 0 saturated heterocycles. The zero-order valence-electron chi connectivity index (χ0n) is 6.96. The third kappa shape index (κ3) is 10.1.